The van der Waals surface area contributed by atoms with Crippen LogP contribution in [0.15, 0.2) is 53.6 Å². The van der Waals surface area contributed by atoms with Crippen molar-refractivity contribution in [3.05, 3.63) is 59.1 Å². The third-order valence-corrected chi connectivity index (χ3v) is 5.34. The molecule has 0 saturated carbocycles. The van der Waals surface area contributed by atoms with E-state index < -0.39 is 17.4 Å². The number of hydrogen-bond acceptors (Lipinski definition) is 4. The van der Waals surface area contributed by atoms with Crippen molar-refractivity contribution in [3.63, 3.8) is 0 Å². The van der Waals surface area contributed by atoms with Gasteiger partial charge in [0, 0.05) is 22.8 Å². The second-order valence-electron chi connectivity index (χ2n) is 8.33. The molecular formula is C22H26ClN4O3+. The van der Waals surface area contributed by atoms with Gasteiger partial charge >= 0.3 is 12.0 Å². The number of methoxy groups -OCH3 is 1. The van der Waals surface area contributed by atoms with Gasteiger partial charge in [-0.1, -0.05) is 23.7 Å². The molecular weight excluding hydrogens is 404 g/mol. The average Bonchev–Trinajstić information content (AvgIpc) is 3.06. The summed E-state index contributed by atoms with van der Waals surface area (Å²) in [6, 6.07) is 14.2. The zero-order chi connectivity index (χ0) is 22.1. The molecule has 1 atom stereocenters. The molecule has 2 aromatic carbocycles. The standard InChI is InChI=1S/C22H25ClN4O3/c1-22(20(28)30-5)14-26(25-19(22)15-6-8-16(23)9-7-15)21(29)24-17-10-12-18(13-11-17)27(2,3)4/h6-13H,14H2,1-5H3/p+1. The number of quaternary nitrogens is 1. The van der Waals surface area contributed by atoms with E-state index in [4.69, 9.17) is 16.3 Å². The van der Waals surface area contributed by atoms with Crippen LogP contribution < -0.4 is 9.80 Å². The van der Waals surface area contributed by atoms with Crippen molar-refractivity contribution in [2.24, 2.45) is 10.5 Å². The van der Waals surface area contributed by atoms with E-state index in [2.05, 4.69) is 31.6 Å². The van der Waals surface area contributed by atoms with Gasteiger partial charge in [-0.25, -0.2) is 9.80 Å². The van der Waals surface area contributed by atoms with Gasteiger partial charge in [-0.3, -0.25) is 9.28 Å². The van der Waals surface area contributed by atoms with Crippen molar-refractivity contribution in [1.82, 2.24) is 9.49 Å². The Morgan fingerprint density at radius 3 is 2.23 bits per heavy atom. The molecule has 7 nitrogen and oxygen atoms in total. The summed E-state index contributed by atoms with van der Waals surface area (Å²) in [5, 5.41) is 9.12. The predicted octanol–water partition coefficient (Wildman–Crippen LogP) is 3.97. The van der Waals surface area contributed by atoms with Gasteiger partial charge in [-0.2, -0.15) is 5.10 Å². The number of ether oxygens (including phenoxy) is 1. The van der Waals surface area contributed by atoms with Gasteiger partial charge in [0.05, 0.1) is 40.5 Å². The molecule has 2 aromatic rings. The van der Waals surface area contributed by atoms with Crippen molar-refractivity contribution >= 4 is 40.7 Å². The number of urea groups is 1. The third kappa shape index (κ3) is 4.32. The van der Waals surface area contributed by atoms with Crippen LogP contribution in [0.2, 0.25) is 5.02 Å². The SMILES string of the molecule is COC(=O)C1(C)CN(C(=O)Nc2ccc([N+](C)(C)C)cc2)N=C1c1ccc(Cl)cc1. The lowest BCUT2D eigenvalue weighted by atomic mass is 9.82. The molecule has 0 spiro atoms. The van der Waals surface area contributed by atoms with E-state index in [-0.39, 0.29) is 6.54 Å². The number of halogens is 1. The van der Waals surface area contributed by atoms with Crippen LogP contribution in [0.4, 0.5) is 16.2 Å². The summed E-state index contributed by atoms with van der Waals surface area (Å²) in [5.41, 5.74) is 1.83. The van der Waals surface area contributed by atoms with E-state index in [1.54, 1.807) is 31.2 Å². The average molecular weight is 430 g/mol. The Hall–Kier alpha value is -2.90. The molecule has 2 amide bonds. The van der Waals surface area contributed by atoms with E-state index in [9.17, 15) is 9.59 Å². The van der Waals surface area contributed by atoms with Crippen LogP contribution in [-0.2, 0) is 9.53 Å². The molecule has 1 unspecified atom stereocenters. The van der Waals surface area contributed by atoms with E-state index in [1.807, 2.05) is 24.3 Å². The highest BCUT2D eigenvalue weighted by Crippen LogP contribution is 2.33. The monoisotopic (exact) mass is 429 g/mol. The van der Waals surface area contributed by atoms with Gasteiger partial charge in [-0.15, -0.1) is 0 Å². The molecule has 0 aliphatic carbocycles. The maximum atomic E-state index is 12.9. The Bertz CT molecular complexity index is 981. The summed E-state index contributed by atoms with van der Waals surface area (Å²) >= 11 is 5.98. The first-order chi connectivity index (χ1) is 14.0. The van der Waals surface area contributed by atoms with Gasteiger partial charge in [-0.05, 0) is 36.8 Å². The quantitative estimate of drug-likeness (QED) is 0.590. The zero-order valence-electron chi connectivity index (χ0n) is 17.8. The number of anilines is 1. The number of hydrazone groups is 1. The van der Waals surface area contributed by atoms with Crippen molar-refractivity contribution in [3.8, 4) is 0 Å². The van der Waals surface area contributed by atoms with Gasteiger partial charge in [0.15, 0.2) is 0 Å². The van der Waals surface area contributed by atoms with Crippen LogP contribution in [0, 0.1) is 5.41 Å². The lowest BCUT2D eigenvalue weighted by molar-refractivity contribution is -0.147. The van der Waals surface area contributed by atoms with Crippen LogP contribution in [0.3, 0.4) is 0 Å². The minimum atomic E-state index is -1.09. The highest BCUT2D eigenvalue weighted by atomic mass is 35.5. The summed E-state index contributed by atoms with van der Waals surface area (Å²) in [4.78, 5) is 25.4. The molecule has 1 N–H and O–H groups in total. The van der Waals surface area contributed by atoms with E-state index >= 15 is 0 Å². The Morgan fingerprint density at radius 1 is 1.10 bits per heavy atom. The molecule has 0 radical (unpaired) electrons. The number of nitrogens with one attached hydrogen (secondary N) is 1. The Balaban J connectivity index is 1.85. The number of rotatable bonds is 4. The molecule has 158 valence electrons. The van der Waals surface area contributed by atoms with Crippen molar-refractivity contribution in [1.29, 1.82) is 0 Å². The second-order valence-corrected chi connectivity index (χ2v) is 8.76. The Kier molecular flexibility index (Phi) is 5.87. The van der Waals surface area contributed by atoms with Crippen LogP contribution in [0.25, 0.3) is 0 Å². The topological polar surface area (TPSA) is 71.0 Å². The summed E-state index contributed by atoms with van der Waals surface area (Å²) in [5.74, 6) is -0.459. The number of carbonyl (C=O) groups excluding carboxylic acids is 2. The van der Waals surface area contributed by atoms with Crippen LogP contribution in [0.5, 0.6) is 0 Å². The molecule has 1 aliphatic rings. The smallest absolute Gasteiger partial charge is 0.342 e. The van der Waals surface area contributed by atoms with Crippen LogP contribution in [0.1, 0.15) is 12.5 Å². The lowest BCUT2D eigenvalue weighted by Crippen LogP contribution is -2.42. The first-order valence-corrected chi connectivity index (χ1v) is 9.86. The molecule has 3 rings (SSSR count). The molecule has 8 heteroatoms. The molecule has 0 aromatic heterocycles. The summed E-state index contributed by atoms with van der Waals surface area (Å²) in [6.45, 7) is 1.79. The summed E-state index contributed by atoms with van der Waals surface area (Å²) in [6.07, 6.45) is 0. The minimum absolute atomic E-state index is 0.0699. The molecule has 0 fully saturated rings. The first-order valence-electron chi connectivity index (χ1n) is 9.48. The Morgan fingerprint density at radius 2 is 1.70 bits per heavy atom. The minimum Gasteiger partial charge on any atom is -0.468 e. The van der Waals surface area contributed by atoms with Crippen LogP contribution >= 0.6 is 11.6 Å². The van der Waals surface area contributed by atoms with Gasteiger partial charge < -0.3 is 10.1 Å². The zero-order valence-corrected chi connectivity index (χ0v) is 18.5. The second kappa shape index (κ2) is 8.08. The molecule has 0 saturated heterocycles. The van der Waals surface area contributed by atoms with Gasteiger partial charge in [0.1, 0.15) is 11.1 Å². The Labute approximate surface area is 181 Å². The predicted molar refractivity (Wildman–Crippen MR) is 120 cm³/mol. The van der Waals surface area contributed by atoms with E-state index in [0.717, 1.165) is 5.69 Å². The molecule has 1 aliphatic heterocycles. The van der Waals surface area contributed by atoms with Crippen molar-refractivity contribution in [2.45, 2.75) is 6.92 Å². The number of hydrogen-bond donors (Lipinski definition) is 1. The number of carbonyl (C=O) groups is 2. The summed E-state index contributed by atoms with van der Waals surface area (Å²) < 4.78 is 5.67. The number of amides is 2. The maximum absolute atomic E-state index is 12.9. The highest BCUT2D eigenvalue weighted by Gasteiger charge is 2.48. The highest BCUT2D eigenvalue weighted by molar-refractivity contribution is 6.30. The third-order valence-electron chi connectivity index (χ3n) is 5.09. The molecule has 0 bridgehead atoms. The van der Waals surface area contributed by atoms with Crippen LogP contribution in [-0.4, -0.2) is 57.5 Å². The lowest BCUT2D eigenvalue weighted by Gasteiger charge is -2.24. The largest absolute Gasteiger partial charge is 0.468 e. The fraction of sp³-hybridized carbons (Fsp3) is 0.318. The summed E-state index contributed by atoms with van der Waals surface area (Å²) in [7, 11) is 7.53. The molecule has 30 heavy (non-hydrogen) atoms. The number of benzene rings is 2. The van der Waals surface area contributed by atoms with E-state index in [0.29, 0.717) is 26.5 Å². The van der Waals surface area contributed by atoms with Crippen molar-refractivity contribution < 1.29 is 14.3 Å². The number of nitrogens with zero attached hydrogens (tertiary/aromatic N) is 3. The van der Waals surface area contributed by atoms with Gasteiger partial charge in [0.2, 0.25) is 0 Å². The first kappa shape index (κ1) is 21.8. The number of esters is 1. The molecule has 1 heterocycles. The van der Waals surface area contributed by atoms with Crippen molar-refractivity contribution in [2.75, 3.05) is 40.1 Å². The fourth-order valence-electron chi connectivity index (χ4n) is 3.31. The normalized spacial score (nSPS) is 18.7. The van der Waals surface area contributed by atoms with E-state index in [1.165, 1.54) is 12.1 Å². The van der Waals surface area contributed by atoms with Gasteiger partial charge in [0.25, 0.3) is 0 Å². The maximum Gasteiger partial charge on any atom is 0.342 e. The fourth-order valence-corrected chi connectivity index (χ4v) is 3.43.